The molecule has 5 heteroatoms. The SMILES string of the molecule is CCN(CC)CCOC(=O)c1ccc2oc3ccccc3c2c1.Cl. The second-order valence-electron chi connectivity index (χ2n) is 5.47. The number of fused-ring (bicyclic) bond motifs is 3. The first-order valence-electron chi connectivity index (χ1n) is 8.03. The molecule has 1 aromatic heterocycles. The van der Waals surface area contributed by atoms with Crippen molar-refractivity contribution in [2.45, 2.75) is 13.8 Å². The Hall–Kier alpha value is -2.04. The number of hydrogen-bond donors (Lipinski definition) is 0. The summed E-state index contributed by atoms with van der Waals surface area (Å²) in [4.78, 5) is 14.5. The summed E-state index contributed by atoms with van der Waals surface area (Å²) in [6.07, 6.45) is 0. The molecule has 0 aliphatic rings. The number of benzene rings is 2. The average molecular weight is 348 g/mol. The Morgan fingerprint density at radius 1 is 1.04 bits per heavy atom. The fourth-order valence-electron chi connectivity index (χ4n) is 2.74. The monoisotopic (exact) mass is 347 g/mol. The minimum Gasteiger partial charge on any atom is -0.461 e. The standard InChI is InChI=1S/C19H21NO3.ClH/c1-3-20(4-2)11-12-22-19(21)14-9-10-18-16(13-14)15-7-5-6-8-17(15)23-18;/h5-10,13H,3-4,11-12H2,1-2H3;1H. The molecule has 0 aliphatic heterocycles. The summed E-state index contributed by atoms with van der Waals surface area (Å²) in [6, 6.07) is 13.3. The highest BCUT2D eigenvalue weighted by Gasteiger charge is 2.12. The summed E-state index contributed by atoms with van der Waals surface area (Å²) < 4.78 is 11.2. The predicted octanol–water partition coefficient (Wildman–Crippen LogP) is 4.51. The van der Waals surface area contributed by atoms with E-state index in [1.54, 1.807) is 6.07 Å². The van der Waals surface area contributed by atoms with Crippen molar-refractivity contribution >= 4 is 40.3 Å². The van der Waals surface area contributed by atoms with Gasteiger partial charge in [0.2, 0.25) is 0 Å². The minimum atomic E-state index is -0.288. The largest absolute Gasteiger partial charge is 0.461 e. The molecule has 3 aromatic rings. The lowest BCUT2D eigenvalue weighted by atomic mass is 10.1. The van der Waals surface area contributed by atoms with E-state index in [2.05, 4.69) is 18.7 Å². The Labute approximate surface area is 147 Å². The third-order valence-corrected chi connectivity index (χ3v) is 4.15. The van der Waals surface area contributed by atoms with Crippen LogP contribution >= 0.6 is 12.4 Å². The van der Waals surface area contributed by atoms with Crippen LogP contribution in [0, 0.1) is 0 Å². The van der Waals surface area contributed by atoms with Crippen molar-refractivity contribution in [1.82, 2.24) is 4.90 Å². The number of nitrogens with zero attached hydrogens (tertiary/aromatic N) is 1. The molecule has 0 unspecified atom stereocenters. The molecule has 128 valence electrons. The van der Waals surface area contributed by atoms with Crippen molar-refractivity contribution in [2.24, 2.45) is 0 Å². The lowest BCUT2D eigenvalue weighted by molar-refractivity contribution is 0.0466. The molecule has 1 heterocycles. The van der Waals surface area contributed by atoms with Crippen molar-refractivity contribution in [3.05, 3.63) is 48.0 Å². The molecular weight excluding hydrogens is 326 g/mol. The maximum atomic E-state index is 12.2. The molecule has 0 spiro atoms. The Morgan fingerprint density at radius 2 is 1.75 bits per heavy atom. The third-order valence-electron chi connectivity index (χ3n) is 4.15. The maximum absolute atomic E-state index is 12.2. The van der Waals surface area contributed by atoms with Crippen LogP contribution in [0.5, 0.6) is 0 Å². The van der Waals surface area contributed by atoms with Gasteiger partial charge in [-0.25, -0.2) is 4.79 Å². The number of hydrogen-bond acceptors (Lipinski definition) is 4. The predicted molar refractivity (Wildman–Crippen MR) is 99.0 cm³/mol. The minimum absolute atomic E-state index is 0. The number of para-hydroxylation sites is 1. The van der Waals surface area contributed by atoms with E-state index in [1.807, 2.05) is 36.4 Å². The Kier molecular flexibility index (Phi) is 6.23. The summed E-state index contributed by atoms with van der Waals surface area (Å²) in [7, 11) is 0. The van der Waals surface area contributed by atoms with Crippen LogP contribution in [0.3, 0.4) is 0 Å². The molecule has 0 radical (unpaired) electrons. The molecule has 4 nitrogen and oxygen atoms in total. The topological polar surface area (TPSA) is 42.7 Å². The molecule has 24 heavy (non-hydrogen) atoms. The van der Waals surface area contributed by atoms with Gasteiger partial charge >= 0.3 is 5.97 Å². The quantitative estimate of drug-likeness (QED) is 0.615. The Morgan fingerprint density at radius 3 is 2.50 bits per heavy atom. The molecule has 0 saturated heterocycles. The van der Waals surface area contributed by atoms with Gasteiger partial charge in [-0.3, -0.25) is 0 Å². The summed E-state index contributed by atoms with van der Waals surface area (Å²) in [6.45, 7) is 7.29. The van der Waals surface area contributed by atoms with Gasteiger partial charge < -0.3 is 14.1 Å². The molecule has 0 fully saturated rings. The first-order valence-corrected chi connectivity index (χ1v) is 8.03. The van der Waals surface area contributed by atoms with Gasteiger partial charge in [-0.15, -0.1) is 12.4 Å². The van der Waals surface area contributed by atoms with E-state index >= 15 is 0 Å². The summed E-state index contributed by atoms with van der Waals surface area (Å²) in [5.41, 5.74) is 2.17. The molecule has 0 saturated carbocycles. The number of likely N-dealkylation sites (N-methyl/N-ethyl adjacent to an activating group) is 1. The number of ether oxygens (including phenoxy) is 1. The molecule has 0 amide bonds. The molecular formula is C19H22ClNO3. The Balaban J connectivity index is 0.00000208. The van der Waals surface area contributed by atoms with Gasteiger partial charge in [0.1, 0.15) is 17.8 Å². The molecule has 0 aliphatic carbocycles. The van der Waals surface area contributed by atoms with Crippen molar-refractivity contribution in [3.8, 4) is 0 Å². The van der Waals surface area contributed by atoms with Crippen LogP contribution in [0.4, 0.5) is 0 Å². The zero-order chi connectivity index (χ0) is 16.2. The van der Waals surface area contributed by atoms with E-state index in [-0.39, 0.29) is 18.4 Å². The van der Waals surface area contributed by atoms with E-state index < -0.39 is 0 Å². The van der Waals surface area contributed by atoms with Crippen LogP contribution in [0.25, 0.3) is 21.9 Å². The van der Waals surface area contributed by atoms with Crippen LogP contribution in [0.15, 0.2) is 46.9 Å². The van der Waals surface area contributed by atoms with Gasteiger partial charge in [-0.05, 0) is 37.4 Å². The Bertz CT molecular complexity index is 824. The van der Waals surface area contributed by atoms with E-state index in [0.29, 0.717) is 12.2 Å². The molecule has 3 rings (SSSR count). The van der Waals surface area contributed by atoms with Crippen LogP contribution in [-0.2, 0) is 4.74 Å². The lowest BCUT2D eigenvalue weighted by Crippen LogP contribution is -2.27. The zero-order valence-corrected chi connectivity index (χ0v) is 14.8. The molecule has 0 N–H and O–H groups in total. The molecule has 0 bridgehead atoms. The van der Waals surface area contributed by atoms with Crippen LogP contribution in [-0.4, -0.2) is 37.1 Å². The second-order valence-corrected chi connectivity index (χ2v) is 5.47. The molecule has 2 aromatic carbocycles. The fraction of sp³-hybridized carbons (Fsp3) is 0.316. The normalized spacial score (nSPS) is 11.0. The number of furan rings is 1. The first kappa shape index (κ1) is 18.3. The maximum Gasteiger partial charge on any atom is 0.338 e. The molecule has 0 atom stereocenters. The van der Waals surface area contributed by atoms with Crippen molar-refractivity contribution in [3.63, 3.8) is 0 Å². The van der Waals surface area contributed by atoms with Crippen LogP contribution < -0.4 is 0 Å². The van der Waals surface area contributed by atoms with E-state index in [9.17, 15) is 4.79 Å². The summed E-state index contributed by atoms with van der Waals surface area (Å²) >= 11 is 0. The number of rotatable bonds is 6. The first-order chi connectivity index (χ1) is 11.2. The van der Waals surface area contributed by atoms with Crippen molar-refractivity contribution in [1.29, 1.82) is 0 Å². The van der Waals surface area contributed by atoms with Crippen LogP contribution in [0.2, 0.25) is 0 Å². The fourth-order valence-corrected chi connectivity index (χ4v) is 2.74. The smallest absolute Gasteiger partial charge is 0.338 e. The zero-order valence-electron chi connectivity index (χ0n) is 14.0. The highest BCUT2D eigenvalue weighted by atomic mass is 35.5. The highest BCUT2D eigenvalue weighted by molar-refractivity contribution is 6.07. The number of carbonyl (C=O) groups excluding carboxylic acids is 1. The van der Waals surface area contributed by atoms with Gasteiger partial charge in [0.15, 0.2) is 0 Å². The van der Waals surface area contributed by atoms with Gasteiger partial charge in [-0.1, -0.05) is 32.0 Å². The number of esters is 1. The van der Waals surface area contributed by atoms with E-state index in [0.717, 1.165) is 41.6 Å². The average Bonchev–Trinajstić information content (AvgIpc) is 2.96. The van der Waals surface area contributed by atoms with Crippen molar-refractivity contribution in [2.75, 3.05) is 26.2 Å². The summed E-state index contributed by atoms with van der Waals surface area (Å²) in [5.74, 6) is -0.288. The van der Waals surface area contributed by atoms with Gasteiger partial charge in [0, 0.05) is 17.3 Å². The van der Waals surface area contributed by atoms with Gasteiger partial charge in [0.05, 0.1) is 5.56 Å². The van der Waals surface area contributed by atoms with Gasteiger partial charge in [-0.2, -0.15) is 0 Å². The number of halogens is 1. The van der Waals surface area contributed by atoms with E-state index in [4.69, 9.17) is 9.15 Å². The third kappa shape index (κ3) is 3.71. The van der Waals surface area contributed by atoms with E-state index in [1.165, 1.54) is 0 Å². The highest BCUT2D eigenvalue weighted by Crippen LogP contribution is 2.29. The second kappa shape index (κ2) is 8.18. The van der Waals surface area contributed by atoms with Crippen molar-refractivity contribution < 1.29 is 13.9 Å². The van der Waals surface area contributed by atoms with Gasteiger partial charge in [0.25, 0.3) is 0 Å². The number of carbonyl (C=O) groups is 1. The van der Waals surface area contributed by atoms with Crippen LogP contribution in [0.1, 0.15) is 24.2 Å². The summed E-state index contributed by atoms with van der Waals surface area (Å²) in [5, 5.41) is 1.96. The lowest BCUT2D eigenvalue weighted by Gasteiger charge is -2.17.